The van der Waals surface area contributed by atoms with Crippen molar-refractivity contribution in [3.8, 4) is 11.5 Å². The maximum Gasteiger partial charge on any atom is 1.00 e. The van der Waals surface area contributed by atoms with E-state index in [9.17, 15) is 25.2 Å². The summed E-state index contributed by atoms with van der Waals surface area (Å²) < 4.78 is 59.2. The third kappa shape index (κ3) is 17.0. The Labute approximate surface area is 390 Å². The Bertz CT molecular complexity index is 2290. The molecule has 0 fully saturated rings. The van der Waals surface area contributed by atoms with Crippen LogP contribution in [0.25, 0.3) is 22.6 Å². The summed E-state index contributed by atoms with van der Waals surface area (Å²) in [6, 6.07) is 78.5. The van der Waals surface area contributed by atoms with Gasteiger partial charge >= 0.3 is 77.8 Å². The Balaban J connectivity index is 0.000000188. The molecule has 14 heteroatoms. The van der Waals surface area contributed by atoms with Gasteiger partial charge in [0.05, 0.1) is 21.5 Å². The molecule has 9 rings (SSSR count). The average molecular weight is 1260 g/mol. The Morgan fingerprint density at radius 2 is 0.629 bits per heavy atom. The molecule has 0 bridgehead atoms. The first-order valence-corrected chi connectivity index (χ1v) is 23.7. The quantitative estimate of drug-likeness (QED) is 0.0907. The maximum absolute atomic E-state index is 10.7. The maximum atomic E-state index is 9.87. The van der Waals surface area contributed by atoms with Crippen LogP contribution in [0.4, 0.5) is 25.2 Å². The van der Waals surface area contributed by atoms with Crippen molar-refractivity contribution in [2.75, 3.05) is 0 Å². The minimum atomic E-state index is -10.7. The van der Waals surface area contributed by atoms with Gasteiger partial charge in [-0.05, 0) is 102 Å². The van der Waals surface area contributed by atoms with Gasteiger partial charge in [0.25, 0.3) is 0 Å². The van der Waals surface area contributed by atoms with Crippen molar-refractivity contribution in [1.82, 2.24) is 15.0 Å². The third-order valence-corrected chi connectivity index (χ3v) is 14.1. The van der Waals surface area contributed by atoms with Crippen LogP contribution in [0.2, 0.25) is 0 Å². The number of para-hydroxylation sites is 2. The predicted octanol–water partition coefficient (Wildman–Crippen LogP) is 12.0. The number of nitrogens with zero attached hydrogens (tertiary/aromatic N) is 3. The summed E-state index contributed by atoms with van der Waals surface area (Å²) in [5, 5.41) is 8.61. The van der Waals surface area contributed by atoms with E-state index in [4.69, 9.17) is 0 Å². The zero-order valence-electron chi connectivity index (χ0n) is 32.6. The SMILES string of the molecule is F[P-](F)(F)(F)(F)F.[Au+].[Au+].c1ccc(-c2nc3ccccc3[n-]2)nc1.c1ccc([PH+](c2ccccc2)c2ccccc2)cc1.c1ccc([PH+](c2ccccc2)c2ccccc2)cc1. The van der Waals surface area contributed by atoms with Gasteiger partial charge in [0.1, 0.15) is 31.8 Å². The van der Waals surface area contributed by atoms with Crippen molar-refractivity contribution in [2.24, 2.45) is 0 Å². The molecule has 324 valence electrons. The molecule has 2 aromatic heterocycles. The number of hydrogen-bond donors (Lipinski definition) is 0. The van der Waals surface area contributed by atoms with Gasteiger partial charge in [0, 0.05) is 6.20 Å². The van der Waals surface area contributed by atoms with Crippen LogP contribution in [-0.4, -0.2) is 9.97 Å². The van der Waals surface area contributed by atoms with Crippen molar-refractivity contribution < 1.29 is 69.9 Å². The number of hydrogen-bond acceptors (Lipinski definition) is 2. The summed E-state index contributed by atoms with van der Waals surface area (Å²) >= 11 is 0. The smallest absolute Gasteiger partial charge is 0.434 e. The van der Waals surface area contributed by atoms with E-state index in [0.717, 1.165) is 16.7 Å². The van der Waals surface area contributed by atoms with Crippen molar-refractivity contribution >= 4 is 66.5 Å². The molecular weight excluding hydrogens is 1220 g/mol. The first-order valence-electron chi connectivity index (χ1n) is 18.7. The minimum absolute atomic E-state index is 0. The molecule has 0 N–H and O–H groups in total. The molecule has 2 heterocycles. The topological polar surface area (TPSA) is 39.9 Å². The van der Waals surface area contributed by atoms with Gasteiger partial charge < -0.3 is 9.97 Å². The van der Waals surface area contributed by atoms with E-state index in [1.54, 1.807) is 6.20 Å². The number of pyridine rings is 1. The molecule has 0 saturated carbocycles. The molecular formula is C48H40Au2F6N3P3+2. The van der Waals surface area contributed by atoms with Crippen LogP contribution in [0.1, 0.15) is 0 Å². The van der Waals surface area contributed by atoms with Gasteiger partial charge in [-0.15, -0.1) is 0 Å². The van der Waals surface area contributed by atoms with Crippen LogP contribution in [0, 0.1) is 0 Å². The first kappa shape index (κ1) is 50.2. The first-order chi connectivity index (χ1) is 28.8. The predicted molar refractivity (Wildman–Crippen MR) is 245 cm³/mol. The molecule has 0 unspecified atom stereocenters. The fourth-order valence-electron chi connectivity index (χ4n) is 6.14. The Hall–Kier alpha value is -4.49. The molecule has 0 aliphatic rings. The van der Waals surface area contributed by atoms with E-state index < -0.39 is 23.7 Å². The largest absolute Gasteiger partial charge is 1.00 e. The van der Waals surface area contributed by atoms with Gasteiger partial charge in [0.15, 0.2) is 0 Å². The van der Waals surface area contributed by atoms with E-state index in [-0.39, 0.29) is 44.8 Å². The minimum Gasteiger partial charge on any atom is -0.434 e. The van der Waals surface area contributed by atoms with Crippen molar-refractivity contribution in [3.05, 3.63) is 231 Å². The molecule has 9 aromatic rings. The number of benzene rings is 7. The van der Waals surface area contributed by atoms with Crippen LogP contribution < -0.4 is 36.8 Å². The summed E-state index contributed by atoms with van der Waals surface area (Å²) in [5.41, 5.74) is 2.64. The average Bonchev–Trinajstić information content (AvgIpc) is 3.71. The van der Waals surface area contributed by atoms with E-state index in [1.807, 2.05) is 42.5 Å². The van der Waals surface area contributed by atoms with E-state index in [2.05, 4.69) is 197 Å². The van der Waals surface area contributed by atoms with Crippen LogP contribution in [0.5, 0.6) is 0 Å². The number of halogens is 6. The van der Waals surface area contributed by atoms with Crippen LogP contribution >= 0.6 is 23.7 Å². The summed E-state index contributed by atoms with van der Waals surface area (Å²) in [7, 11) is -12.4. The molecule has 0 radical (unpaired) electrons. The van der Waals surface area contributed by atoms with Crippen LogP contribution in [-0.2, 0) is 44.8 Å². The van der Waals surface area contributed by atoms with Crippen molar-refractivity contribution in [3.63, 3.8) is 0 Å². The van der Waals surface area contributed by atoms with Gasteiger partial charge in [-0.25, -0.2) is 0 Å². The van der Waals surface area contributed by atoms with Gasteiger partial charge in [-0.3, -0.25) is 4.98 Å². The number of rotatable bonds is 7. The van der Waals surface area contributed by atoms with Gasteiger partial charge in [-0.2, -0.15) is 0 Å². The summed E-state index contributed by atoms with van der Waals surface area (Å²) in [4.78, 5) is 13.0. The fraction of sp³-hybridized carbons (Fsp3) is 0. The van der Waals surface area contributed by atoms with E-state index in [1.165, 1.54) is 31.8 Å². The molecule has 7 aromatic carbocycles. The molecule has 0 amide bonds. The standard InChI is InChI=1S/2C18H15P.C12H8N3.2Au.F6P/c2*1-4-10-16(11-5-1)19(17-12-6-2-7-13-17)18-14-8-3-9-15-18;1-2-6-10-9(5-1)14-12(15-10)11-7-3-4-8-13-11;;;1-7(2,3,4,5)6/h2*1-15H;1-8H;;;/q;;-1;2*+1;-1/p+2. The summed E-state index contributed by atoms with van der Waals surface area (Å²) in [6.07, 6.45) is 1.75. The second-order valence-electron chi connectivity index (χ2n) is 13.2. The normalized spacial score (nSPS) is 11.7. The zero-order valence-corrected chi connectivity index (χ0v) is 39.8. The zero-order chi connectivity index (χ0) is 42.3. The second kappa shape index (κ2) is 22.7. The van der Waals surface area contributed by atoms with Crippen molar-refractivity contribution in [2.45, 2.75) is 0 Å². The molecule has 0 saturated heterocycles. The number of imidazole rings is 1. The van der Waals surface area contributed by atoms with E-state index in [0.29, 0.717) is 5.82 Å². The van der Waals surface area contributed by atoms with Gasteiger partial charge in [-0.1, -0.05) is 140 Å². The summed E-state index contributed by atoms with van der Waals surface area (Å²) in [5.74, 6) is 0.691. The fourth-order valence-corrected chi connectivity index (χ4v) is 11.3. The monoisotopic (exact) mass is 1260 g/mol. The van der Waals surface area contributed by atoms with Crippen LogP contribution in [0.3, 0.4) is 0 Å². The molecule has 0 aliphatic heterocycles. The molecule has 0 atom stereocenters. The molecule has 0 spiro atoms. The molecule has 3 nitrogen and oxygen atoms in total. The van der Waals surface area contributed by atoms with Crippen LogP contribution in [0.15, 0.2) is 231 Å². The Morgan fingerprint density at radius 1 is 0.355 bits per heavy atom. The van der Waals surface area contributed by atoms with E-state index >= 15 is 0 Å². The Kier molecular flexibility index (Phi) is 18.4. The second-order valence-corrected chi connectivity index (χ2v) is 20.0. The Morgan fingerprint density at radius 3 is 0.903 bits per heavy atom. The molecule has 62 heavy (non-hydrogen) atoms. The van der Waals surface area contributed by atoms with Gasteiger partial charge in [0.2, 0.25) is 0 Å². The number of fused-ring (bicyclic) bond motifs is 1. The number of aromatic nitrogens is 3. The van der Waals surface area contributed by atoms with Crippen molar-refractivity contribution in [1.29, 1.82) is 0 Å². The third-order valence-electron chi connectivity index (χ3n) is 8.60. The molecule has 0 aliphatic carbocycles. The summed E-state index contributed by atoms with van der Waals surface area (Å²) in [6.45, 7) is 0.